The lowest BCUT2D eigenvalue weighted by atomic mass is 10.0. The van der Waals surface area contributed by atoms with Crippen LogP contribution in [0.4, 0.5) is 0 Å². The summed E-state index contributed by atoms with van der Waals surface area (Å²) < 4.78 is 6.48. The molecular weight excluding hydrogens is 348 g/mol. The average Bonchev–Trinajstić information content (AvgIpc) is 3.14. The quantitative estimate of drug-likeness (QED) is 0.486. The molecule has 1 aromatic heterocycles. The Hall–Kier alpha value is -2.67. The Labute approximate surface area is 156 Å². The van der Waals surface area contributed by atoms with E-state index in [0.717, 1.165) is 11.3 Å². The Bertz CT molecular complexity index is 891. The van der Waals surface area contributed by atoms with E-state index in [1.54, 1.807) is 10.7 Å². The summed E-state index contributed by atoms with van der Waals surface area (Å²) in [7, 11) is 1.38. The third-order valence-electron chi connectivity index (χ3n) is 3.96. The maximum Gasteiger partial charge on any atom is 0.337 e. The van der Waals surface area contributed by atoms with Crippen molar-refractivity contribution < 1.29 is 9.53 Å². The molecule has 0 bridgehead atoms. The van der Waals surface area contributed by atoms with Crippen LogP contribution in [0.15, 0.2) is 53.7 Å². The van der Waals surface area contributed by atoms with Crippen molar-refractivity contribution in [2.24, 2.45) is 0 Å². The fourth-order valence-corrected chi connectivity index (χ4v) is 3.32. The van der Waals surface area contributed by atoms with E-state index in [0.29, 0.717) is 22.4 Å². The lowest BCUT2D eigenvalue weighted by molar-refractivity contribution is 0.0600. The van der Waals surface area contributed by atoms with Crippen molar-refractivity contribution in [3.8, 4) is 5.69 Å². The summed E-state index contributed by atoms with van der Waals surface area (Å²) in [5.41, 5.74) is 3.73. The highest BCUT2D eigenvalue weighted by atomic mass is 32.2. The summed E-state index contributed by atoms with van der Waals surface area (Å²) in [6.07, 6.45) is 0. The Morgan fingerprint density at radius 2 is 1.96 bits per heavy atom. The molecule has 0 aliphatic rings. The van der Waals surface area contributed by atoms with Gasteiger partial charge in [0.2, 0.25) is 5.16 Å². The van der Waals surface area contributed by atoms with Crippen molar-refractivity contribution >= 4 is 17.7 Å². The van der Waals surface area contributed by atoms with E-state index in [9.17, 15) is 4.79 Å². The van der Waals surface area contributed by atoms with Gasteiger partial charge >= 0.3 is 5.97 Å². The van der Waals surface area contributed by atoms with Gasteiger partial charge in [-0.15, -0.1) is 5.10 Å². The summed E-state index contributed by atoms with van der Waals surface area (Å²) in [6, 6.07) is 15.6. The number of thioether (sulfide) groups is 1. The van der Waals surface area contributed by atoms with Crippen LogP contribution >= 0.6 is 11.8 Å². The van der Waals surface area contributed by atoms with Gasteiger partial charge in [-0.05, 0) is 51.7 Å². The molecule has 0 unspecified atom stereocenters. The van der Waals surface area contributed by atoms with Crippen LogP contribution in [0.1, 0.15) is 41.3 Å². The number of carbonyl (C=O) groups is 1. The third kappa shape index (κ3) is 4.11. The van der Waals surface area contributed by atoms with Gasteiger partial charge in [0.1, 0.15) is 0 Å². The molecule has 26 heavy (non-hydrogen) atoms. The van der Waals surface area contributed by atoms with Gasteiger partial charge < -0.3 is 4.74 Å². The first-order chi connectivity index (χ1) is 12.6. The zero-order chi connectivity index (χ0) is 18.5. The molecule has 2 aromatic carbocycles. The number of hydrogen-bond donors (Lipinski definition) is 0. The molecule has 134 valence electrons. The van der Waals surface area contributed by atoms with E-state index in [-0.39, 0.29) is 5.97 Å². The second-order valence-electron chi connectivity index (χ2n) is 6.10. The SMILES string of the molecule is COC(=O)c1cccc(CSc2nnnn2-c2ccc(C(C)C)cc2)c1. The molecule has 3 aromatic rings. The van der Waals surface area contributed by atoms with E-state index >= 15 is 0 Å². The zero-order valence-corrected chi connectivity index (χ0v) is 15.7. The van der Waals surface area contributed by atoms with Gasteiger partial charge in [0.25, 0.3) is 0 Å². The van der Waals surface area contributed by atoms with Crippen LogP contribution in [0.2, 0.25) is 0 Å². The van der Waals surface area contributed by atoms with Gasteiger partial charge in [0, 0.05) is 5.75 Å². The summed E-state index contributed by atoms with van der Waals surface area (Å²) in [6.45, 7) is 4.32. The minimum Gasteiger partial charge on any atom is -0.465 e. The molecule has 0 fully saturated rings. The van der Waals surface area contributed by atoms with Crippen LogP contribution in [-0.4, -0.2) is 33.3 Å². The highest BCUT2D eigenvalue weighted by Crippen LogP contribution is 2.24. The number of methoxy groups -OCH3 is 1. The number of rotatable bonds is 6. The molecule has 6 nitrogen and oxygen atoms in total. The molecule has 0 N–H and O–H groups in total. The molecule has 7 heteroatoms. The second kappa shape index (κ2) is 8.14. The Morgan fingerprint density at radius 3 is 2.65 bits per heavy atom. The van der Waals surface area contributed by atoms with Gasteiger partial charge in [0.15, 0.2) is 0 Å². The molecule has 0 saturated carbocycles. The highest BCUT2D eigenvalue weighted by molar-refractivity contribution is 7.98. The van der Waals surface area contributed by atoms with Gasteiger partial charge in [0.05, 0.1) is 18.4 Å². The third-order valence-corrected chi connectivity index (χ3v) is 4.95. The molecular formula is C19H20N4O2S. The van der Waals surface area contributed by atoms with Crippen LogP contribution in [0.5, 0.6) is 0 Å². The fraction of sp³-hybridized carbons (Fsp3) is 0.263. The number of carbonyl (C=O) groups excluding carboxylic acids is 1. The first kappa shape index (κ1) is 18.1. The van der Waals surface area contributed by atoms with Crippen LogP contribution in [-0.2, 0) is 10.5 Å². The normalized spacial score (nSPS) is 10.9. The fourth-order valence-electron chi connectivity index (χ4n) is 2.49. The van der Waals surface area contributed by atoms with Crippen molar-refractivity contribution in [1.82, 2.24) is 20.2 Å². The summed E-state index contributed by atoms with van der Waals surface area (Å²) in [5, 5.41) is 12.7. The van der Waals surface area contributed by atoms with Crippen LogP contribution in [0.3, 0.4) is 0 Å². The molecule has 1 heterocycles. The van der Waals surface area contributed by atoms with Crippen LogP contribution in [0, 0.1) is 0 Å². The topological polar surface area (TPSA) is 69.9 Å². The predicted octanol–water partition coefficient (Wildman–Crippen LogP) is 3.86. The van der Waals surface area contributed by atoms with Gasteiger partial charge in [-0.3, -0.25) is 0 Å². The number of nitrogens with zero attached hydrogens (tertiary/aromatic N) is 4. The molecule has 0 spiro atoms. The van der Waals surface area contributed by atoms with E-state index in [1.807, 2.05) is 30.3 Å². The minimum atomic E-state index is -0.341. The highest BCUT2D eigenvalue weighted by Gasteiger charge is 2.11. The minimum absolute atomic E-state index is 0.341. The van der Waals surface area contributed by atoms with Gasteiger partial charge in [-0.1, -0.05) is 49.9 Å². The number of tetrazole rings is 1. The molecule has 0 radical (unpaired) electrons. The number of esters is 1. The maximum absolute atomic E-state index is 11.6. The monoisotopic (exact) mass is 368 g/mol. The standard InChI is InChI=1S/C19H20N4O2S/c1-13(2)15-7-9-17(10-8-15)23-19(20-21-22-23)26-12-14-5-4-6-16(11-14)18(24)25-3/h4-11,13H,12H2,1-3H3. The van der Waals surface area contributed by atoms with Crippen LogP contribution < -0.4 is 0 Å². The molecule has 0 amide bonds. The van der Waals surface area contributed by atoms with Crippen molar-refractivity contribution in [2.45, 2.75) is 30.7 Å². The molecule has 3 rings (SSSR count). The van der Waals surface area contributed by atoms with Crippen molar-refractivity contribution in [1.29, 1.82) is 0 Å². The van der Waals surface area contributed by atoms with Crippen molar-refractivity contribution in [2.75, 3.05) is 7.11 Å². The molecule has 0 aliphatic heterocycles. The largest absolute Gasteiger partial charge is 0.465 e. The second-order valence-corrected chi connectivity index (χ2v) is 7.04. The first-order valence-corrected chi connectivity index (χ1v) is 9.26. The number of ether oxygens (including phenoxy) is 1. The average molecular weight is 368 g/mol. The number of benzene rings is 2. The Balaban J connectivity index is 1.74. The lowest BCUT2D eigenvalue weighted by Crippen LogP contribution is -2.02. The summed E-state index contributed by atoms with van der Waals surface area (Å²) in [5.74, 6) is 0.788. The van der Waals surface area contributed by atoms with E-state index in [2.05, 4.69) is 41.5 Å². The van der Waals surface area contributed by atoms with E-state index < -0.39 is 0 Å². The van der Waals surface area contributed by atoms with Crippen molar-refractivity contribution in [3.63, 3.8) is 0 Å². The smallest absolute Gasteiger partial charge is 0.337 e. The Morgan fingerprint density at radius 1 is 1.19 bits per heavy atom. The van der Waals surface area contributed by atoms with Gasteiger partial charge in [-0.2, -0.15) is 4.68 Å². The summed E-state index contributed by atoms with van der Waals surface area (Å²) >= 11 is 1.51. The predicted molar refractivity (Wildman–Crippen MR) is 101 cm³/mol. The molecule has 0 aliphatic carbocycles. The van der Waals surface area contributed by atoms with E-state index in [1.165, 1.54) is 24.4 Å². The lowest BCUT2D eigenvalue weighted by Gasteiger charge is -2.08. The summed E-state index contributed by atoms with van der Waals surface area (Å²) in [4.78, 5) is 11.6. The van der Waals surface area contributed by atoms with Crippen molar-refractivity contribution in [3.05, 3.63) is 65.2 Å². The molecule has 0 saturated heterocycles. The molecule has 0 atom stereocenters. The zero-order valence-electron chi connectivity index (χ0n) is 14.9. The van der Waals surface area contributed by atoms with E-state index in [4.69, 9.17) is 4.74 Å². The number of hydrogen-bond acceptors (Lipinski definition) is 6. The van der Waals surface area contributed by atoms with Crippen LogP contribution in [0.25, 0.3) is 5.69 Å². The maximum atomic E-state index is 11.6. The first-order valence-electron chi connectivity index (χ1n) is 8.27. The Kier molecular flexibility index (Phi) is 5.68. The van der Waals surface area contributed by atoms with Gasteiger partial charge in [-0.25, -0.2) is 4.79 Å². The number of aromatic nitrogens is 4.